The molecule has 0 spiro atoms. The lowest BCUT2D eigenvalue weighted by atomic mass is 10.1. The zero-order chi connectivity index (χ0) is 15.4. The van der Waals surface area contributed by atoms with Gasteiger partial charge in [-0.05, 0) is 44.0 Å². The smallest absolute Gasteiger partial charge is 0.308 e. The van der Waals surface area contributed by atoms with E-state index in [9.17, 15) is 9.59 Å². The lowest BCUT2D eigenvalue weighted by Gasteiger charge is -2.12. The topological polar surface area (TPSA) is 58.2 Å². The van der Waals surface area contributed by atoms with Crippen LogP contribution in [-0.2, 0) is 0 Å². The monoisotopic (exact) mass is 282 g/mol. The summed E-state index contributed by atoms with van der Waals surface area (Å²) in [6, 6.07) is 12.4. The molecule has 4 nitrogen and oxygen atoms in total. The summed E-state index contributed by atoms with van der Waals surface area (Å²) in [5, 5.41) is 5.58. The van der Waals surface area contributed by atoms with E-state index < -0.39 is 0 Å². The Morgan fingerprint density at radius 1 is 0.905 bits per heavy atom. The Morgan fingerprint density at radius 3 is 2.14 bits per heavy atom. The molecule has 0 unspecified atom stereocenters. The Morgan fingerprint density at radius 2 is 1.52 bits per heavy atom. The zero-order valence-electron chi connectivity index (χ0n) is 12.4. The number of aryl methyl sites for hydroxylation is 2. The van der Waals surface area contributed by atoms with Gasteiger partial charge in [0, 0.05) is 16.9 Å². The summed E-state index contributed by atoms with van der Waals surface area (Å²) in [7, 11) is 0. The minimum Gasteiger partial charge on any atom is -0.308 e. The number of nitrogens with one attached hydrogen (secondary N) is 2. The first-order chi connectivity index (χ1) is 9.97. The van der Waals surface area contributed by atoms with Gasteiger partial charge in [0.15, 0.2) is 5.78 Å². The highest BCUT2D eigenvalue weighted by molar-refractivity contribution is 6.02. The number of anilines is 2. The molecule has 0 heterocycles. The van der Waals surface area contributed by atoms with Crippen molar-refractivity contribution < 1.29 is 9.59 Å². The summed E-state index contributed by atoms with van der Waals surface area (Å²) >= 11 is 0. The van der Waals surface area contributed by atoms with Crippen molar-refractivity contribution in [3.63, 3.8) is 0 Å². The van der Waals surface area contributed by atoms with E-state index in [2.05, 4.69) is 10.6 Å². The molecule has 2 N–H and O–H groups in total. The van der Waals surface area contributed by atoms with Crippen LogP contribution < -0.4 is 10.6 Å². The minimum absolute atomic E-state index is 0.0335. The van der Waals surface area contributed by atoms with E-state index >= 15 is 0 Å². The van der Waals surface area contributed by atoms with E-state index in [4.69, 9.17) is 0 Å². The fourth-order valence-electron chi connectivity index (χ4n) is 2.10. The van der Waals surface area contributed by atoms with Gasteiger partial charge in [-0.2, -0.15) is 0 Å². The van der Waals surface area contributed by atoms with Crippen molar-refractivity contribution in [2.24, 2.45) is 0 Å². The van der Waals surface area contributed by atoms with Gasteiger partial charge >= 0.3 is 6.03 Å². The number of rotatable bonds is 3. The second kappa shape index (κ2) is 6.22. The molecular formula is C17H18N2O2. The summed E-state index contributed by atoms with van der Waals surface area (Å²) in [6.45, 7) is 5.38. The Hall–Kier alpha value is -2.62. The molecule has 108 valence electrons. The summed E-state index contributed by atoms with van der Waals surface area (Å²) in [5.41, 5.74) is 3.97. The van der Waals surface area contributed by atoms with E-state index in [1.54, 1.807) is 24.3 Å². The van der Waals surface area contributed by atoms with Gasteiger partial charge in [-0.15, -0.1) is 0 Å². The number of Topliss-reactive ketones (excluding diaryl/α,β-unsaturated/α-hetero) is 1. The van der Waals surface area contributed by atoms with Crippen molar-refractivity contribution >= 4 is 23.2 Å². The maximum Gasteiger partial charge on any atom is 0.323 e. The molecule has 0 aliphatic carbocycles. The molecule has 4 heteroatoms. The van der Waals surface area contributed by atoms with Crippen LogP contribution >= 0.6 is 0 Å². The van der Waals surface area contributed by atoms with E-state index in [1.807, 2.05) is 32.0 Å². The Kier molecular flexibility index (Phi) is 4.38. The van der Waals surface area contributed by atoms with Crippen LogP contribution in [0.2, 0.25) is 0 Å². The number of para-hydroxylation sites is 1. The molecule has 0 saturated carbocycles. The molecule has 2 rings (SSSR count). The van der Waals surface area contributed by atoms with Gasteiger partial charge in [-0.25, -0.2) is 4.79 Å². The average Bonchev–Trinajstić information content (AvgIpc) is 2.43. The number of carbonyl (C=O) groups is 2. The average molecular weight is 282 g/mol. The fraction of sp³-hybridized carbons (Fsp3) is 0.176. The highest BCUT2D eigenvalue weighted by Gasteiger charge is 2.08. The number of ketones is 1. The summed E-state index contributed by atoms with van der Waals surface area (Å²) in [4.78, 5) is 23.4. The number of benzene rings is 2. The van der Waals surface area contributed by atoms with Gasteiger partial charge in [0.25, 0.3) is 0 Å². The molecule has 0 bridgehead atoms. The van der Waals surface area contributed by atoms with Crippen molar-refractivity contribution in [3.8, 4) is 0 Å². The van der Waals surface area contributed by atoms with Gasteiger partial charge in [-0.1, -0.05) is 30.3 Å². The number of carbonyl (C=O) groups excluding carboxylic acids is 2. The van der Waals surface area contributed by atoms with Crippen LogP contribution in [0.1, 0.15) is 28.4 Å². The van der Waals surface area contributed by atoms with Crippen LogP contribution in [0, 0.1) is 13.8 Å². The normalized spacial score (nSPS) is 10.0. The van der Waals surface area contributed by atoms with Crippen LogP contribution in [0.15, 0.2) is 42.5 Å². The maximum atomic E-state index is 12.1. The van der Waals surface area contributed by atoms with Gasteiger partial charge in [-0.3, -0.25) is 4.79 Å². The Bertz CT molecular complexity index is 673. The van der Waals surface area contributed by atoms with Gasteiger partial charge in [0.05, 0.1) is 0 Å². The summed E-state index contributed by atoms with van der Waals surface area (Å²) < 4.78 is 0. The molecule has 2 aromatic rings. The molecule has 0 saturated heterocycles. The maximum absolute atomic E-state index is 12.1. The zero-order valence-corrected chi connectivity index (χ0v) is 12.4. The van der Waals surface area contributed by atoms with E-state index in [-0.39, 0.29) is 11.8 Å². The quantitative estimate of drug-likeness (QED) is 0.831. The molecule has 0 radical (unpaired) electrons. The highest BCUT2D eigenvalue weighted by Crippen LogP contribution is 2.20. The van der Waals surface area contributed by atoms with Crippen molar-refractivity contribution in [2.45, 2.75) is 20.8 Å². The molecule has 0 fully saturated rings. The van der Waals surface area contributed by atoms with Crippen molar-refractivity contribution in [1.82, 2.24) is 0 Å². The van der Waals surface area contributed by atoms with Crippen LogP contribution in [0.4, 0.5) is 16.2 Å². The van der Waals surface area contributed by atoms with E-state index in [1.165, 1.54) is 6.92 Å². The number of urea groups is 1. The summed E-state index contributed by atoms with van der Waals surface area (Å²) in [6.07, 6.45) is 0. The molecule has 0 aromatic heterocycles. The lowest BCUT2D eigenvalue weighted by molar-refractivity contribution is 0.101. The standard InChI is InChI=1S/C17H18N2O2/c1-11-6-4-7-12(2)16(11)19-17(21)18-15-9-5-8-14(10-15)13(3)20/h4-10H,1-3H3,(H2,18,19,21). The molecule has 0 aliphatic heterocycles. The van der Waals surface area contributed by atoms with Crippen LogP contribution in [0.3, 0.4) is 0 Å². The molecule has 21 heavy (non-hydrogen) atoms. The van der Waals surface area contributed by atoms with Gasteiger partial charge < -0.3 is 10.6 Å². The predicted octanol–water partition coefficient (Wildman–Crippen LogP) is 4.15. The third-order valence-corrected chi connectivity index (χ3v) is 3.25. The Labute approximate surface area is 124 Å². The number of hydrogen-bond acceptors (Lipinski definition) is 2. The van der Waals surface area contributed by atoms with Gasteiger partial charge in [0.2, 0.25) is 0 Å². The highest BCUT2D eigenvalue weighted by atomic mass is 16.2. The predicted molar refractivity (Wildman–Crippen MR) is 85.0 cm³/mol. The van der Waals surface area contributed by atoms with Crippen LogP contribution in [-0.4, -0.2) is 11.8 Å². The third-order valence-electron chi connectivity index (χ3n) is 3.25. The fourth-order valence-corrected chi connectivity index (χ4v) is 2.10. The Balaban J connectivity index is 2.12. The second-order valence-corrected chi connectivity index (χ2v) is 4.98. The molecule has 2 aromatic carbocycles. The largest absolute Gasteiger partial charge is 0.323 e. The lowest BCUT2D eigenvalue weighted by Crippen LogP contribution is -2.20. The first-order valence-electron chi connectivity index (χ1n) is 6.72. The third kappa shape index (κ3) is 3.69. The van der Waals surface area contributed by atoms with E-state index in [0.29, 0.717) is 11.3 Å². The van der Waals surface area contributed by atoms with Crippen LogP contribution in [0.5, 0.6) is 0 Å². The molecule has 0 aliphatic rings. The summed E-state index contributed by atoms with van der Waals surface area (Å²) in [5.74, 6) is -0.0335. The first kappa shape index (κ1) is 14.8. The minimum atomic E-state index is -0.326. The molecular weight excluding hydrogens is 264 g/mol. The molecule has 2 amide bonds. The van der Waals surface area contributed by atoms with Crippen LogP contribution in [0.25, 0.3) is 0 Å². The van der Waals surface area contributed by atoms with Crippen molar-refractivity contribution in [3.05, 3.63) is 59.2 Å². The second-order valence-electron chi connectivity index (χ2n) is 4.98. The van der Waals surface area contributed by atoms with Gasteiger partial charge in [0.1, 0.15) is 0 Å². The van der Waals surface area contributed by atoms with Crippen molar-refractivity contribution in [1.29, 1.82) is 0 Å². The SMILES string of the molecule is CC(=O)c1cccc(NC(=O)Nc2c(C)cccc2C)c1. The number of hydrogen-bond donors (Lipinski definition) is 2. The van der Waals surface area contributed by atoms with Crippen molar-refractivity contribution in [2.75, 3.05) is 10.6 Å². The number of amides is 2. The van der Waals surface area contributed by atoms with E-state index in [0.717, 1.165) is 16.8 Å². The molecule has 0 atom stereocenters. The first-order valence-corrected chi connectivity index (χ1v) is 6.72.